The van der Waals surface area contributed by atoms with Crippen LogP contribution >= 0.6 is 12.2 Å². The van der Waals surface area contributed by atoms with E-state index in [9.17, 15) is 14.0 Å². The highest BCUT2D eigenvalue weighted by atomic mass is 32.1. The molecular formula is C27H23FN2O4S. The maximum absolute atomic E-state index is 13.9. The minimum absolute atomic E-state index is 0.0214. The number of carbonyl (C=O) groups excluding carboxylic acids is 2. The van der Waals surface area contributed by atoms with Crippen LogP contribution in [0.15, 0.2) is 72.3 Å². The summed E-state index contributed by atoms with van der Waals surface area (Å²) in [5.74, 6) is -0.693. The zero-order valence-electron chi connectivity index (χ0n) is 19.2. The average Bonchev–Trinajstić information content (AvgIpc) is 2.86. The number of ether oxygens (including phenoxy) is 2. The number of hydrogen-bond donors (Lipinski definition) is 1. The highest BCUT2D eigenvalue weighted by Gasteiger charge is 2.34. The van der Waals surface area contributed by atoms with Crippen molar-refractivity contribution in [3.05, 3.63) is 94.8 Å². The Morgan fingerprint density at radius 3 is 2.46 bits per heavy atom. The molecule has 4 rings (SSSR count). The second-order valence-electron chi connectivity index (χ2n) is 7.77. The number of anilines is 1. The van der Waals surface area contributed by atoms with Gasteiger partial charge in [0.15, 0.2) is 16.6 Å². The largest absolute Gasteiger partial charge is 0.493 e. The SMILES string of the molecule is CCc1ccc(N2C(=O)C(=Cc3ccc(OCc4ccccc4F)c(OC)c3)C(=O)NC2=S)cc1. The molecule has 1 aliphatic heterocycles. The third-order valence-corrected chi connectivity index (χ3v) is 5.83. The molecule has 0 atom stereocenters. The van der Waals surface area contributed by atoms with Gasteiger partial charge in [0.25, 0.3) is 11.8 Å². The van der Waals surface area contributed by atoms with E-state index in [0.717, 1.165) is 12.0 Å². The van der Waals surface area contributed by atoms with Crippen LogP contribution < -0.4 is 19.7 Å². The number of thiocarbonyl (C=S) groups is 1. The van der Waals surface area contributed by atoms with E-state index < -0.39 is 11.8 Å². The molecule has 0 spiro atoms. The second kappa shape index (κ2) is 10.5. The van der Waals surface area contributed by atoms with Gasteiger partial charge in [0, 0.05) is 5.56 Å². The number of hydrogen-bond acceptors (Lipinski definition) is 5. The van der Waals surface area contributed by atoms with E-state index in [1.54, 1.807) is 48.5 Å². The van der Waals surface area contributed by atoms with Crippen LogP contribution in [0.5, 0.6) is 11.5 Å². The smallest absolute Gasteiger partial charge is 0.270 e. The zero-order valence-corrected chi connectivity index (χ0v) is 20.0. The number of nitrogens with zero attached hydrogens (tertiary/aromatic N) is 1. The lowest BCUT2D eigenvalue weighted by Crippen LogP contribution is -2.54. The van der Waals surface area contributed by atoms with Crippen molar-refractivity contribution in [2.24, 2.45) is 0 Å². The van der Waals surface area contributed by atoms with Gasteiger partial charge in [-0.25, -0.2) is 4.39 Å². The van der Waals surface area contributed by atoms with Gasteiger partial charge in [-0.1, -0.05) is 43.3 Å². The van der Waals surface area contributed by atoms with E-state index in [1.807, 2.05) is 19.1 Å². The van der Waals surface area contributed by atoms with Crippen LogP contribution in [0.3, 0.4) is 0 Å². The summed E-state index contributed by atoms with van der Waals surface area (Å²) in [6.45, 7) is 2.06. The second-order valence-corrected chi connectivity index (χ2v) is 8.15. The lowest BCUT2D eigenvalue weighted by Gasteiger charge is -2.29. The molecule has 178 valence electrons. The van der Waals surface area contributed by atoms with Crippen molar-refractivity contribution in [1.82, 2.24) is 5.32 Å². The van der Waals surface area contributed by atoms with Gasteiger partial charge in [0.05, 0.1) is 12.8 Å². The third-order valence-electron chi connectivity index (χ3n) is 5.54. The summed E-state index contributed by atoms with van der Waals surface area (Å²) in [5, 5.41) is 2.60. The number of methoxy groups -OCH3 is 1. The molecule has 1 N–H and O–H groups in total. The highest BCUT2D eigenvalue weighted by molar-refractivity contribution is 7.80. The Labute approximate surface area is 208 Å². The molecule has 35 heavy (non-hydrogen) atoms. The van der Waals surface area contributed by atoms with Crippen LogP contribution in [0.4, 0.5) is 10.1 Å². The number of halogens is 1. The third kappa shape index (κ3) is 5.22. The van der Waals surface area contributed by atoms with Crippen LogP contribution in [0.1, 0.15) is 23.6 Å². The Balaban J connectivity index is 1.59. The standard InChI is InChI=1S/C27H23FN2O4S/c1-3-17-8-11-20(12-9-17)30-26(32)21(25(31)29-27(30)35)14-18-10-13-23(24(15-18)33-2)34-16-19-6-4-5-7-22(19)28/h4-15H,3,16H2,1-2H3,(H,29,31,35). The molecule has 0 saturated carbocycles. The molecular weight excluding hydrogens is 467 g/mol. The first-order valence-electron chi connectivity index (χ1n) is 11.0. The van der Waals surface area contributed by atoms with Gasteiger partial charge < -0.3 is 9.47 Å². The van der Waals surface area contributed by atoms with Crippen molar-refractivity contribution >= 4 is 40.9 Å². The molecule has 0 unspecified atom stereocenters. The fraction of sp³-hybridized carbons (Fsp3) is 0.148. The van der Waals surface area contributed by atoms with E-state index in [4.69, 9.17) is 21.7 Å². The van der Waals surface area contributed by atoms with Gasteiger partial charge in [-0.2, -0.15) is 0 Å². The molecule has 1 fully saturated rings. The van der Waals surface area contributed by atoms with Crippen LogP contribution in [0, 0.1) is 5.82 Å². The molecule has 3 aromatic rings. The minimum Gasteiger partial charge on any atom is -0.493 e. The first kappa shape index (κ1) is 24.1. The van der Waals surface area contributed by atoms with E-state index in [-0.39, 0.29) is 23.1 Å². The minimum atomic E-state index is -0.583. The Hall–Kier alpha value is -4.04. The van der Waals surface area contributed by atoms with Crippen LogP contribution in [-0.2, 0) is 22.6 Å². The van der Waals surface area contributed by atoms with E-state index >= 15 is 0 Å². The number of aryl methyl sites for hydroxylation is 1. The molecule has 8 heteroatoms. The molecule has 0 bridgehead atoms. The van der Waals surface area contributed by atoms with Crippen molar-refractivity contribution in [2.75, 3.05) is 12.0 Å². The fourth-order valence-electron chi connectivity index (χ4n) is 3.60. The maximum atomic E-state index is 13.9. The lowest BCUT2D eigenvalue weighted by atomic mass is 10.1. The van der Waals surface area contributed by atoms with Crippen molar-refractivity contribution in [3.63, 3.8) is 0 Å². The number of rotatable bonds is 7. The van der Waals surface area contributed by atoms with E-state index in [2.05, 4.69) is 5.32 Å². The topological polar surface area (TPSA) is 67.9 Å². The van der Waals surface area contributed by atoms with Crippen molar-refractivity contribution in [2.45, 2.75) is 20.0 Å². The van der Waals surface area contributed by atoms with Crippen LogP contribution in [0.25, 0.3) is 6.08 Å². The number of amides is 2. The van der Waals surface area contributed by atoms with Crippen LogP contribution in [-0.4, -0.2) is 24.0 Å². The van der Waals surface area contributed by atoms with Crippen molar-refractivity contribution in [3.8, 4) is 11.5 Å². The quantitative estimate of drug-likeness (QED) is 0.293. The van der Waals surface area contributed by atoms with Crippen molar-refractivity contribution < 1.29 is 23.5 Å². The summed E-state index contributed by atoms with van der Waals surface area (Å²) in [7, 11) is 1.47. The average molecular weight is 491 g/mol. The lowest BCUT2D eigenvalue weighted by molar-refractivity contribution is -0.122. The molecule has 0 aliphatic carbocycles. The van der Waals surface area contributed by atoms with E-state index in [0.29, 0.717) is 28.3 Å². The summed E-state index contributed by atoms with van der Waals surface area (Å²) in [6.07, 6.45) is 2.33. The summed E-state index contributed by atoms with van der Waals surface area (Å²) >= 11 is 5.26. The molecule has 1 saturated heterocycles. The predicted molar refractivity (Wildman–Crippen MR) is 136 cm³/mol. The number of nitrogens with one attached hydrogen (secondary N) is 1. The molecule has 3 aromatic carbocycles. The Morgan fingerprint density at radius 2 is 1.77 bits per heavy atom. The Kier molecular flexibility index (Phi) is 7.22. The summed E-state index contributed by atoms with van der Waals surface area (Å²) < 4.78 is 25.0. The number of benzene rings is 3. The van der Waals surface area contributed by atoms with Gasteiger partial charge >= 0.3 is 0 Å². The molecule has 2 amide bonds. The van der Waals surface area contributed by atoms with Crippen molar-refractivity contribution in [1.29, 1.82) is 0 Å². The summed E-state index contributed by atoms with van der Waals surface area (Å²) in [5.41, 5.74) is 2.58. The van der Waals surface area contributed by atoms with E-state index in [1.165, 1.54) is 24.2 Å². The van der Waals surface area contributed by atoms with Crippen LogP contribution in [0.2, 0.25) is 0 Å². The maximum Gasteiger partial charge on any atom is 0.270 e. The fourth-order valence-corrected chi connectivity index (χ4v) is 3.88. The van der Waals surface area contributed by atoms with Gasteiger partial charge in [-0.3, -0.25) is 19.8 Å². The Morgan fingerprint density at radius 1 is 1.03 bits per heavy atom. The number of carbonyl (C=O) groups is 2. The van der Waals surface area contributed by atoms with Gasteiger partial charge in [0.2, 0.25) is 0 Å². The first-order valence-corrected chi connectivity index (χ1v) is 11.4. The molecule has 1 heterocycles. The monoisotopic (exact) mass is 490 g/mol. The first-order chi connectivity index (χ1) is 16.9. The predicted octanol–water partition coefficient (Wildman–Crippen LogP) is 4.81. The van der Waals surface area contributed by atoms with Gasteiger partial charge in [-0.05, 0) is 66.2 Å². The molecule has 1 aliphatic rings. The summed E-state index contributed by atoms with van der Waals surface area (Å²) in [4.78, 5) is 27.1. The highest BCUT2D eigenvalue weighted by Crippen LogP contribution is 2.31. The van der Waals surface area contributed by atoms with Gasteiger partial charge in [-0.15, -0.1) is 0 Å². The van der Waals surface area contributed by atoms with Gasteiger partial charge in [0.1, 0.15) is 18.0 Å². The molecule has 0 aromatic heterocycles. The normalized spacial score (nSPS) is 14.8. The molecule has 0 radical (unpaired) electrons. The zero-order chi connectivity index (χ0) is 24.9. The molecule has 6 nitrogen and oxygen atoms in total. The summed E-state index contributed by atoms with van der Waals surface area (Å²) in [6, 6.07) is 18.7. The Bertz CT molecular complexity index is 1320.